The zero-order valence-corrected chi connectivity index (χ0v) is 10.7. The minimum absolute atomic E-state index is 0.0439. The van der Waals surface area contributed by atoms with Crippen molar-refractivity contribution in [2.45, 2.75) is 30.0 Å². The van der Waals surface area contributed by atoms with Crippen molar-refractivity contribution in [1.82, 2.24) is 9.29 Å². The van der Waals surface area contributed by atoms with Crippen molar-refractivity contribution in [1.29, 1.82) is 0 Å². The lowest BCUT2D eigenvalue weighted by Crippen LogP contribution is -2.45. The van der Waals surface area contributed by atoms with E-state index >= 15 is 0 Å². The van der Waals surface area contributed by atoms with Crippen LogP contribution in [0.25, 0.3) is 0 Å². The van der Waals surface area contributed by atoms with E-state index in [9.17, 15) is 8.42 Å². The van der Waals surface area contributed by atoms with Crippen LogP contribution in [0.1, 0.15) is 17.8 Å². The molecule has 1 aliphatic rings. The molecule has 7 heteroatoms. The summed E-state index contributed by atoms with van der Waals surface area (Å²) >= 11 is 1.21. The van der Waals surface area contributed by atoms with Gasteiger partial charge < -0.3 is 5.73 Å². The molecular weight excluding hydrogens is 246 g/mol. The number of hydrogen-bond donors (Lipinski definition) is 1. The minimum atomic E-state index is -3.36. The van der Waals surface area contributed by atoms with E-state index in [1.807, 2.05) is 0 Å². The van der Waals surface area contributed by atoms with Crippen molar-refractivity contribution < 1.29 is 8.42 Å². The second-order valence-electron chi connectivity index (χ2n) is 3.96. The highest BCUT2D eigenvalue weighted by Crippen LogP contribution is 2.24. The van der Waals surface area contributed by atoms with Crippen molar-refractivity contribution in [3.8, 4) is 0 Å². The Morgan fingerprint density at radius 3 is 2.94 bits per heavy atom. The molecule has 1 atom stereocenters. The molecule has 90 valence electrons. The number of aromatic nitrogens is 1. The second kappa shape index (κ2) is 4.40. The van der Waals surface area contributed by atoms with Gasteiger partial charge in [0.2, 0.25) is 0 Å². The smallest absolute Gasteiger partial charge is 0.254 e. The van der Waals surface area contributed by atoms with Crippen LogP contribution in [0.5, 0.6) is 0 Å². The summed E-state index contributed by atoms with van der Waals surface area (Å²) in [6, 6.07) is -0.0439. The Kier molecular flexibility index (Phi) is 3.29. The van der Waals surface area contributed by atoms with E-state index in [0.29, 0.717) is 17.3 Å². The van der Waals surface area contributed by atoms with Crippen LogP contribution in [0.15, 0.2) is 10.4 Å². The van der Waals surface area contributed by atoms with Crippen LogP contribution in [0, 0.1) is 6.92 Å². The molecule has 0 saturated carbocycles. The molecule has 1 fully saturated rings. The molecule has 2 N–H and O–H groups in total. The topological polar surface area (TPSA) is 76.3 Å². The van der Waals surface area contributed by atoms with Crippen LogP contribution in [0.2, 0.25) is 0 Å². The number of sulfonamides is 1. The van der Waals surface area contributed by atoms with Gasteiger partial charge in [-0.3, -0.25) is 0 Å². The van der Waals surface area contributed by atoms with Crippen LogP contribution in [-0.2, 0) is 10.0 Å². The average molecular weight is 261 g/mol. The lowest BCUT2D eigenvalue weighted by atomic mass is 10.1. The van der Waals surface area contributed by atoms with Gasteiger partial charge in [0.05, 0.1) is 11.2 Å². The first kappa shape index (κ1) is 12.0. The van der Waals surface area contributed by atoms with Gasteiger partial charge in [0, 0.05) is 19.1 Å². The Labute approximate surface area is 99.3 Å². The van der Waals surface area contributed by atoms with E-state index in [2.05, 4.69) is 4.98 Å². The molecule has 2 heterocycles. The molecular formula is C9H15N3O2S2. The molecule has 1 saturated heterocycles. The molecule has 0 bridgehead atoms. The van der Waals surface area contributed by atoms with Gasteiger partial charge in [-0.25, -0.2) is 13.4 Å². The first-order valence-corrected chi connectivity index (χ1v) is 7.44. The normalized spacial score (nSPS) is 23.5. The number of rotatable bonds is 2. The van der Waals surface area contributed by atoms with E-state index in [0.717, 1.165) is 17.8 Å². The fourth-order valence-corrected chi connectivity index (χ4v) is 4.58. The van der Waals surface area contributed by atoms with Gasteiger partial charge in [-0.2, -0.15) is 4.31 Å². The Bertz CT molecular complexity index is 469. The van der Waals surface area contributed by atoms with Crippen LogP contribution in [0.4, 0.5) is 0 Å². The summed E-state index contributed by atoms with van der Waals surface area (Å²) in [7, 11) is -3.36. The summed E-state index contributed by atoms with van der Waals surface area (Å²) in [6.07, 6.45) is 3.15. The zero-order chi connectivity index (χ0) is 11.8. The summed E-state index contributed by atoms with van der Waals surface area (Å²) in [5.41, 5.74) is 5.79. The number of nitrogens with two attached hydrogens (primary N) is 1. The Hall–Kier alpha value is -0.500. The van der Waals surface area contributed by atoms with Gasteiger partial charge in [0.25, 0.3) is 10.0 Å². The van der Waals surface area contributed by atoms with Gasteiger partial charge in [-0.1, -0.05) is 0 Å². The molecule has 1 aromatic rings. The van der Waals surface area contributed by atoms with Crippen molar-refractivity contribution in [2.75, 3.05) is 13.1 Å². The molecule has 5 nitrogen and oxygen atoms in total. The maximum Gasteiger partial charge on any atom is 0.254 e. The monoisotopic (exact) mass is 261 g/mol. The molecule has 0 aromatic carbocycles. The van der Waals surface area contributed by atoms with Crippen molar-refractivity contribution in [2.24, 2.45) is 5.73 Å². The fourth-order valence-electron chi connectivity index (χ4n) is 1.78. The molecule has 0 spiro atoms. The van der Waals surface area contributed by atoms with E-state index < -0.39 is 10.0 Å². The van der Waals surface area contributed by atoms with Gasteiger partial charge in [-0.15, -0.1) is 11.3 Å². The number of thiazole rings is 1. The molecule has 1 aromatic heterocycles. The van der Waals surface area contributed by atoms with E-state index in [1.54, 1.807) is 6.92 Å². The average Bonchev–Trinajstić information content (AvgIpc) is 2.65. The lowest BCUT2D eigenvalue weighted by Gasteiger charge is -2.29. The molecule has 0 unspecified atom stereocenters. The van der Waals surface area contributed by atoms with Crippen LogP contribution >= 0.6 is 11.3 Å². The maximum atomic E-state index is 12.2. The number of piperidine rings is 1. The first-order chi connectivity index (χ1) is 7.50. The standard InChI is InChI=1S/C9H15N3O2S2/c1-7-11-5-9(15-7)16(13,14)12-4-2-3-8(10)6-12/h5,8H,2-4,6,10H2,1H3/t8-/m1/s1. The summed E-state index contributed by atoms with van der Waals surface area (Å²) in [4.78, 5) is 3.98. The van der Waals surface area contributed by atoms with Crippen molar-refractivity contribution >= 4 is 21.4 Å². The molecule has 2 rings (SSSR count). The van der Waals surface area contributed by atoms with E-state index in [4.69, 9.17) is 5.73 Å². The van der Waals surface area contributed by atoms with Gasteiger partial charge in [0.15, 0.2) is 4.21 Å². The summed E-state index contributed by atoms with van der Waals surface area (Å²) < 4.78 is 26.2. The SMILES string of the molecule is Cc1ncc(S(=O)(=O)N2CCC[C@@H](N)C2)s1. The highest BCUT2D eigenvalue weighted by Gasteiger charge is 2.30. The molecule has 16 heavy (non-hydrogen) atoms. The largest absolute Gasteiger partial charge is 0.327 e. The maximum absolute atomic E-state index is 12.2. The second-order valence-corrected chi connectivity index (χ2v) is 7.36. The number of hydrogen-bond acceptors (Lipinski definition) is 5. The Morgan fingerprint density at radius 1 is 1.62 bits per heavy atom. The summed E-state index contributed by atoms with van der Waals surface area (Å²) in [6.45, 7) is 2.78. The van der Waals surface area contributed by atoms with E-state index in [1.165, 1.54) is 21.8 Å². The van der Waals surface area contributed by atoms with Crippen molar-refractivity contribution in [3.05, 3.63) is 11.2 Å². The molecule has 0 aliphatic carbocycles. The number of nitrogens with zero attached hydrogens (tertiary/aromatic N) is 2. The molecule has 0 amide bonds. The van der Waals surface area contributed by atoms with Crippen LogP contribution < -0.4 is 5.73 Å². The third kappa shape index (κ3) is 2.27. The third-order valence-corrected chi connectivity index (χ3v) is 5.83. The lowest BCUT2D eigenvalue weighted by molar-refractivity contribution is 0.316. The minimum Gasteiger partial charge on any atom is -0.327 e. The van der Waals surface area contributed by atoms with E-state index in [-0.39, 0.29) is 6.04 Å². The van der Waals surface area contributed by atoms with Gasteiger partial charge in [-0.05, 0) is 19.8 Å². The molecule has 1 aliphatic heterocycles. The van der Waals surface area contributed by atoms with Crippen LogP contribution in [-0.4, -0.2) is 36.8 Å². The molecule has 0 radical (unpaired) electrons. The highest BCUT2D eigenvalue weighted by atomic mass is 32.2. The summed E-state index contributed by atoms with van der Waals surface area (Å²) in [5.74, 6) is 0. The summed E-state index contributed by atoms with van der Waals surface area (Å²) in [5, 5.41) is 0.764. The predicted octanol–water partition coefficient (Wildman–Crippen LogP) is 0.563. The van der Waals surface area contributed by atoms with Crippen molar-refractivity contribution in [3.63, 3.8) is 0 Å². The van der Waals surface area contributed by atoms with Gasteiger partial charge in [0.1, 0.15) is 0 Å². The van der Waals surface area contributed by atoms with Gasteiger partial charge >= 0.3 is 0 Å². The Balaban J connectivity index is 2.25. The Morgan fingerprint density at radius 2 is 2.38 bits per heavy atom. The predicted molar refractivity (Wildman–Crippen MR) is 62.8 cm³/mol. The fraction of sp³-hybridized carbons (Fsp3) is 0.667. The quantitative estimate of drug-likeness (QED) is 0.844. The third-order valence-electron chi connectivity index (χ3n) is 2.61. The number of aryl methyl sites for hydroxylation is 1. The zero-order valence-electron chi connectivity index (χ0n) is 9.09. The van der Waals surface area contributed by atoms with Crippen LogP contribution in [0.3, 0.4) is 0 Å². The highest BCUT2D eigenvalue weighted by molar-refractivity contribution is 7.91. The first-order valence-electron chi connectivity index (χ1n) is 5.18.